The molecule has 1 aliphatic carbocycles. The van der Waals surface area contributed by atoms with Gasteiger partial charge in [-0.25, -0.2) is 10.8 Å². The molecule has 2 aliphatic rings. The van der Waals surface area contributed by atoms with Crippen molar-refractivity contribution in [3.63, 3.8) is 0 Å². The Bertz CT molecular complexity index is 508. The molecule has 3 rings (SSSR count). The fourth-order valence-electron chi connectivity index (χ4n) is 3.71. The standard InChI is InChI=1S/C18H28N4O/c1-22-9-6-14(7-10-22)18-12-15(18)8-11-23-17-4-2-16(3-5-17)20-13-21-19/h2-5,13-15,18H,6-12,19H2,1H3,(H,20,21). The zero-order chi connectivity index (χ0) is 16.1. The number of nitrogens with zero attached hydrogens (tertiary/aromatic N) is 2. The molecule has 1 aromatic rings. The third kappa shape index (κ3) is 4.69. The number of aliphatic imine (C=N–C) groups is 1. The van der Waals surface area contributed by atoms with Crippen molar-refractivity contribution in [3.8, 4) is 5.75 Å². The highest BCUT2D eigenvalue weighted by Crippen LogP contribution is 2.49. The van der Waals surface area contributed by atoms with Crippen molar-refractivity contribution in [2.24, 2.45) is 28.6 Å². The maximum absolute atomic E-state index is 5.87. The highest BCUT2D eigenvalue weighted by Gasteiger charge is 2.42. The average Bonchev–Trinajstić information content (AvgIpc) is 3.34. The summed E-state index contributed by atoms with van der Waals surface area (Å²) in [5.74, 6) is 8.89. The lowest BCUT2D eigenvalue weighted by Crippen LogP contribution is -2.31. The topological polar surface area (TPSA) is 62.9 Å². The smallest absolute Gasteiger partial charge is 0.119 e. The van der Waals surface area contributed by atoms with Crippen molar-refractivity contribution in [1.29, 1.82) is 0 Å². The zero-order valence-corrected chi connectivity index (χ0v) is 13.9. The highest BCUT2D eigenvalue weighted by molar-refractivity contribution is 5.60. The van der Waals surface area contributed by atoms with Crippen LogP contribution in [0.4, 0.5) is 5.69 Å². The van der Waals surface area contributed by atoms with Crippen LogP contribution in [0.15, 0.2) is 29.3 Å². The molecule has 0 spiro atoms. The Balaban J connectivity index is 1.35. The molecule has 2 fully saturated rings. The summed E-state index contributed by atoms with van der Waals surface area (Å²) in [4.78, 5) is 6.58. The zero-order valence-electron chi connectivity index (χ0n) is 13.9. The Labute approximate surface area is 138 Å². The van der Waals surface area contributed by atoms with Gasteiger partial charge in [0.2, 0.25) is 0 Å². The van der Waals surface area contributed by atoms with Crippen LogP contribution in [0.25, 0.3) is 0 Å². The lowest BCUT2D eigenvalue weighted by atomic mass is 9.91. The van der Waals surface area contributed by atoms with Gasteiger partial charge in [-0.1, -0.05) is 0 Å². The van der Waals surface area contributed by atoms with Crippen molar-refractivity contribution < 1.29 is 4.74 Å². The number of hydrogen-bond donors (Lipinski definition) is 2. The summed E-state index contributed by atoms with van der Waals surface area (Å²) in [6.07, 6.45) is 6.84. The molecule has 2 atom stereocenters. The van der Waals surface area contributed by atoms with Crippen LogP contribution in [-0.4, -0.2) is 38.0 Å². The van der Waals surface area contributed by atoms with Crippen LogP contribution in [0.3, 0.4) is 0 Å². The van der Waals surface area contributed by atoms with Gasteiger partial charge in [-0.2, -0.15) is 0 Å². The number of likely N-dealkylation sites (tertiary alicyclic amines) is 1. The van der Waals surface area contributed by atoms with Crippen molar-refractivity contribution >= 4 is 12.0 Å². The predicted molar refractivity (Wildman–Crippen MR) is 93.8 cm³/mol. The molecule has 5 heteroatoms. The van der Waals surface area contributed by atoms with Gasteiger partial charge in [0.1, 0.15) is 12.1 Å². The molecule has 5 nitrogen and oxygen atoms in total. The van der Waals surface area contributed by atoms with Crippen LogP contribution in [-0.2, 0) is 0 Å². The third-order valence-corrected chi connectivity index (χ3v) is 5.23. The number of nitrogens with one attached hydrogen (secondary N) is 1. The number of rotatable bonds is 7. The molecule has 0 aromatic heterocycles. The first kappa shape index (κ1) is 16.3. The van der Waals surface area contributed by atoms with E-state index in [1.807, 2.05) is 24.3 Å². The molecular formula is C18H28N4O. The van der Waals surface area contributed by atoms with Gasteiger partial charge in [-0.3, -0.25) is 0 Å². The lowest BCUT2D eigenvalue weighted by molar-refractivity contribution is 0.196. The van der Waals surface area contributed by atoms with Crippen LogP contribution in [0.5, 0.6) is 5.75 Å². The Hall–Kier alpha value is -1.59. The first-order valence-corrected chi connectivity index (χ1v) is 8.66. The maximum Gasteiger partial charge on any atom is 0.119 e. The summed E-state index contributed by atoms with van der Waals surface area (Å²) in [5, 5.41) is 0. The fourth-order valence-corrected chi connectivity index (χ4v) is 3.71. The highest BCUT2D eigenvalue weighted by atomic mass is 16.5. The molecule has 1 saturated carbocycles. The number of hydrazine groups is 1. The summed E-state index contributed by atoms with van der Waals surface area (Å²) in [5.41, 5.74) is 3.25. The van der Waals surface area contributed by atoms with E-state index in [1.54, 1.807) is 0 Å². The molecule has 0 bridgehead atoms. The maximum atomic E-state index is 5.87. The van der Waals surface area contributed by atoms with Gasteiger partial charge in [0.15, 0.2) is 0 Å². The molecule has 1 heterocycles. The molecule has 3 N–H and O–H groups in total. The van der Waals surface area contributed by atoms with E-state index in [0.717, 1.165) is 35.8 Å². The van der Waals surface area contributed by atoms with Crippen LogP contribution in [0, 0.1) is 17.8 Å². The number of piperidine rings is 1. The molecule has 1 saturated heterocycles. The van der Waals surface area contributed by atoms with E-state index >= 15 is 0 Å². The molecule has 2 unspecified atom stereocenters. The van der Waals surface area contributed by atoms with Gasteiger partial charge in [0, 0.05) is 0 Å². The average molecular weight is 316 g/mol. The Morgan fingerprint density at radius 2 is 2.04 bits per heavy atom. The minimum atomic E-state index is 0.820. The fraction of sp³-hybridized carbons (Fsp3) is 0.611. The van der Waals surface area contributed by atoms with E-state index in [1.165, 1.54) is 45.1 Å². The summed E-state index contributed by atoms with van der Waals surface area (Å²) in [6.45, 7) is 3.37. The van der Waals surface area contributed by atoms with Gasteiger partial charge in [-0.15, -0.1) is 0 Å². The minimum Gasteiger partial charge on any atom is -0.494 e. The van der Waals surface area contributed by atoms with Crippen molar-refractivity contribution in [2.75, 3.05) is 26.7 Å². The van der Waals surface area contributed by atoms with Crippen LogP contribution >= 0.6 is 0 Å². The molecule has 1 aliphatic heterocycles. The molecule has 23 heavy (non-hydrogen) atoms. The van der Waals surface area contributed by atoms with Crippen molar-refractivity contribution in [2.45, 2.75) is 25.7 Å². The Morgan fingerprint density at radius 3 is 2.74 bits per heavy atom. The molecule has 0 amide bonds. The second kappa shape index (κ2) is 7.79. The lowest BCUT2D eigenvalue weighted by Gasteiger charge is -2.29. The van der Waals surface area contributed by atoms with E-state index in [2.05, 4.69) is 22.4 Å². The van der Waals surface area contributed by atoms with Crippen molar-refractivity contribution in [1.82, 2.24) is 10.3 Å². The second-order valence-corrected chi connectivity index (χ2v) is 6.86. The molecule has 0 radical (unpaired) electrons. The van der Waals surface area contributed by atoms with Crippen LogP contribution in [0.2, 0.25) is 0 Å². The molecule has 1 aromatic carbocycles. The van der Waals surface area contributed by atoms with E-state index in [-0.39, 0.29) is 0 Å². The van der Waals surface area contributed by atoms with Gasteiger partial charge < -0.3 is 15.1 Å². The van der Waals surface area contributed by atoms with E-state index < -0.39 is 0 Å². The first-order chi connectivity index (χ1) is 11.3. The number of ether oxygens (including phenoxy) is 1. The predicted octanol–water partition coefficient (Wildman–Crippen LogP) is 2.56. The Kier molecular flexibility index (Phi) is 5.51. The largest absolute Gasteiger partial charge is 0.494 e. The molecular weight excluding hydrogens is 288 g/mol. The Morgan fingerprint density at radius 1 is 1.30 bits per heavy atom. The minimum absolute atomic E-state index is 0.820. The normalized spacial score (nSPS) is 25.7. The third-order valence-electron chi connectivity index (χ3n) is 5.23. The van der Waals surface area contributed by atoms with Crippen LogP contribution < -0.4 is 16.0 Å². The van der Waals surface area contributed by atoms with E-state index in [9.17, 15) is 0 Å². The summed E-state index contributed by atoms with van der Waals surface area (Å²) in [7, 11) is 2.23. The number of hydrogen-bond acceptors (Lipinski definition) is 4. The SMILES string of the molecule is CN1CCC(C2CC2CCOc2ccc(N=CNN)cc2)CC1. The second-order valence-electron chi connectivity index (χ2n) is 6.86. The van der Waals surface area contributed by atoms with E-state index in [0.29, 0.717) is 0 Å². The number of benzene rings is 1. The van der Waals surface area contributed by atoms with Gasteiger partial charge >= 0.3 is 0 Å². The summed E-state index contributed by atoms with van der Waals surface area (Å²) >= 11 is 0. The molecule has 126 valence electrons. The van der Waals surface area contributed by atoms with Gasteiger partial charge in [0.05, 0.1) is 12.3 Å². The first-order valence-electron chi connectivity index (χ1n) is 8.66. The van der Waals surface area contributed by atoms with Gasteiger partial charge in [-0.05, 0) is 87.8 Å². The van der Waals surface area contributed by atoms with Gasteiger partial charge in [0.25, 0.3) is 0 Å². The summed E-state index contributed by atoms with van der Waals surface area (Å²) < 4.78 is 5.87. The van der Waals surface area contributed by atoms with Crippen molar-refractivity contribution in [3.05, 3.63) is 24.3 Å². The van der Waals surface area contributed by atoms with E-state index in [4.69, 9.17) is 10.6 Å². The number of nitrogens with two attached hydrogens (primary N) is 1. The van der Waals surface area contributed by atoms with Crippen LogP contribution in [0.1, 0.15) is 25.7 Å². The summed E-state index contributed by atoms with van der Waals surface area (Å²) in [6, 6.07) is 7.79. The monoisotopic (exact) mass is 316 g/mol. The quantitative estimate of drug-likeness (QED) is 0.351.